The second-order valence-corrected chi connectivity index (χ2v) is 8.99. The number of aryl methyl sites for hydroxylation is 2. The average Bonchev–Trinajstić information content (AvgIpc) is 2.94. The number of quaternary nitrogens is 1. The number of hydrogen-bond donors (Lipinski definition) is 2. The van der Waals surface area contributed by atoms with Crippen LogP contribution in [0.1, 0.15) is 48.4 Å². The van der Waals surface area contributed by atoms with Gasteiger partial charge in [0.25, 0.3) is 5.56 Å². The van der Waals surface area contributed by atoms with E-state index in [2.05, 4.69) is 43.1 Å². The highest BCUT2D eigenvalue weighted by atomic mass is 32.1. The highest BCUT2D eigenvalue weighted by Crippen LogP contribution is 2.35. The molecule has 1 aliphatic heterocycles. The van der Waals surface area contributed by atoms with Gasteiger partial charge >= 0.3 is 0 Å². The zero-order valence-electron chi connectivity index (χ0n) is 16.2. The zero-order chi connectivity index (χ0) is 18.8. The van der Waals surface area contributed by atoms with Crippen LogP contribution in [0.15, 0.2) is 29.1 Å². The van der Waals surface area contributed by atoms with Crippen LogP contribution in [-0.4, -0.2) is 23.1 Å². The standard InChI is InChI=1S/C22H27N3OS/c1-15-8-10-17(11-9-15)19-16(2)27-22-20(19)21(26)23-18(24-22)14-25-12-6-4-3-5-7-13-25/h8-11H,3-7,12-14H2,1-2H3,(H,23,24,26)/p+1. The van der Waals surface area contributed by atoms with E-state index in [1.165, 1.54) is 50.8 Å². The van der Waals surface area contributed by atoms with E-state index < -0.39 is 0 Å². The van der Waals surface area contributed by atoms with Crippen LogP contribution in [0, 0.1) is 13.8 Å². The Balaban J connectivity index is 1.68. The summed E-state index contributed by atoms with van der Waals surface area (Å²) in [5.74, 6) is 0.833. The van der Waals surface area contributed by atoms with E-state index in [1.807, 2.05) is 0 Å². The van der Waals surface area contributed by atoms with Gasteiger partial charge in [0.05, 0.1) is 18.5 Å². The molecule has 0 radical (unpaired) electrons. The summed E-state index contributed by atoms with van der Waals surface area (Å²) in [6.07, 6.45) is 6.58. The molecule has 0 spiro atoms. The highest BCUT2D eigenvalue weighted by Gasteiger charge is 2.19. The predicted molar refractivity (Wildman–Crippen MR) is 113 cm³/mol. The maximum absolute atomic E-state index is 12.9. The molecule has 142 valence electrons. The number of aromatic nitrogens is 2. The Morgan fingerprint density at radius 1 is 1.04 bits per heavy atom. The zero-order valence-corrected chi connectivity index (χ0v) is 17.0. The Kier molecular flexibility index (Phi) is 5.41. The van der Waals surface area contributed by atoms with Gasteiger partial charge in [-0.05, 0) is 45.1 Å². The Morgan fingerprint density at radius 3 is 2.41 bits per heavy atom. The summed E-state index contributed by atoms with van der Waals surface area (Å²) in [7, 11) is 0. The van der Waals surface area contributed by atoms with E-state index in [0.29, 0.717) is 0 Å². The molecule has 0 saturated carbocycles. The van der Waals surface area contributed by atoms with Crippen LogP contribution in [0.5, 0.6) is 0 Å². The fraction of sp³-hybridized carbons (Fsp3) is 0.455. The molecule has 27 heavy (non-hydrogen) atoms. The molecule has 4 nitrogen and oxygen atoms in total. The van der Waals surface area contributed by atoms with Crippen molar-refractivity contribution in [2.24, 2.45) is 0 Å². The molecule has 2 aromatic heterocycles. The topological polar surface area (TPSA) is 50.2 Å². The Hall–Kier alpha value is -1.98. The second kappa shape index (κ2) is 7.95. The van der Waals surface area contributed by atoms with Gasteiger partial charge in [-0.25, -0.2) is 4.98 Å². The second-order valence-electron chi connectivity index (χ2n) is 7.79. The monoisotopic (exact) mass is 382 g/mol. The minimum atomic E-state index is 0.00127. The van der Waals surface area contributed by atoms with Gasteiger partial charge in [0.2, 0.25) is 0 Å². The first-order valence-corrected chi connectivity index (χ1v) is 10.9. The summed E-state index contributed by atoms with van der Waals surface area (Å²) in [6.45, 7) is 7.35. The third kappa shape index (κ3) is 3.99. The van der Waals surface area contributed by atoms with E-state index in [-0.39, 0.29) is 5.56 Å². The van der Waals surface area contributed by atoms with Gasteiger partial charge in [0.15, 0.2) is 5.82 Å². The minimum Gasteiger partial charge on any atom is -0.329 e. The maximum Gasteiger partial charge on any atom is 0.260 e. The van der Waals surface area contributed by atoms with Gasteiger partial charge < -0.3 is 9.88 Å². The van der Waals surface area contributed by atoms with Crippen molar-refractivity contribution in [2.45, 2.75) is 52.5 Å². The molecule has 4 rings (SSSR count). The van der Waals surface area contributed by atoms with Gasteiger partial charge in [-0.3, -0.25) is 4.79 Å². The van der Waals surface area contributed by atoms with Crippen LogP contribution in [-0.2, 0) is 6.54 Å². The van der Waals surface area contributed by atoms with Crippen molar-refractivity contribution in [3.05, 3.63) is 50.9 Å². The summed E-state index contributed by atoms with van der Waals surface area (Å²) in [4.78, 5) is 24.4. The van der Waals surface area contributed by atoms with Crippen molar-refractivity contribution in [3.8, 4) is 11.1 Å². The van der Waals surface area contributed by atoms with Crippen molar-refractivity contribution in [3.63, 3.8) is 0 Å². The van der Waals surface area contributed by atoms with Crippen LogP contribution in [0.3, 0.4) is 0 Å². The molecule has 1 aromatic carbocycles. The lowest BCUT2D eigenvalue weighted by Gasteiger charge is -2.21. The molecule has 1 saturated heterocycles. The number of rotatable bonds is 3. The number of fused-ring (bicyclic) bond motifs is 1. The molecule has 0 aliphatic carbocycles. The van der Waals surface area contributed by atoms with Crippen LogP contribution < -0.4 is 10.5 Å². The van der Waals surface area contributed by atoms with Gasteiger partial charge in [0, 0.05) is 10.4 Å². The summed E-state index contributed by atoms with van der Waals surface area (Å²) < 4.78 is 0. The fourth-order valence-corrected chi connectivity index (χ4v) is 5.20. The largest absolute Gasteiger partial charge is 0.329 e. The van der Waals surface area contributed by atoms with Gasteiger partial charge in [-0.2, -0.15) is 0 Å². The smallest absolute Gasteiger partial charge is 0.260 e. The van der Waals surface area contributed by atoms with Crippen LogP contribution >= 0.6 is 11.3 Å². The Bertz CT molecular complexity index is 979. The molecule has 3 heterocycles. The van der Waals surface area contributed by atoms with Crippen molar-refractivity contribution < 1.29 is 4.90 Å². The number of aromatic amines is 1. The Labute approximate surface area is 164 Å². The summed E-state index contributed by atoms with van der Waals surface area (Å²) in [5, 5.41) is 0.743. The normalized spacial score (nSPS) is 16.4. The molecule has 5 heteroatoms. The molecule has 1 aliphatic rings. The Morgan fingerprint density at radius 2 is 1.70 bits per heavy atom. The average molecular weight is 383 g/mol. The van der Waals surface area contributed by atoms with Gasteiger partial charge in [-0.1, -0.05) is 36.2 Å². The van der Waals surface area contributed by atoms with Crippen molar-refractivity contribution >= 4 is 21.6 Å². The number of nitrogens with zero attached hydrogens (tertiary/aromatic N) is 1. The number of likely N-dealkylation sites (tertiary alicyclic amines) is 1. The molecular weight excluding hydrogens is 354 g/mol. The first kappa shape index (κ1) is 18.4. The lowest BCUT2D eigenvalue weighted by Crippen LogP contribution is -3.10. The quantitative estimate of drug-likeness (QED) is 0.727. The lowest BCUT2D eigenvalue weighted by molar-refractivity contribution is -0.915. The van der Waals surface area contributed by atoms with Crippen molar-refractivity contribution in [2.75, 3.05) is 13.1 Å². The van der Waals surface area contributed by atoms with Crippen molar-refractivity contribution in [1.29, 1.82) is 0 Å². The molecule has 0 unspecified atom stereocenters. The number of hydrogen-bond acceptors (Lipinski definition) is 3. The third-order valence-electron chi connectivity index (χ3n) is 5.61. The van der Waals surface area contributed by atoms with Crippen LogP contribution in [0.25, 0.3) is 21.3 Å². The molecule has 0 bridgehead atoms. The van der Waals surface area contributed by atoms with Crippen LogP contribution in [0.2, 0.25) is 0 Å². The van der Waals surface area contributed by atoms with E-state index >= 15 is 0 Å². The van der Waals surface area contributed by atoms with E-state index in [0.717, 1.165) is 38.6 Å². The van der Waals surface area contributed by atoms with E-state index in [9.17, 15) is 4.79 Å². The summed E-state index contributed by atoms with van der Waals surface area (Å²) in [5.41, 5.74) is 3.36. The third-order valence-corrected chi connectivity index (χ3v) is 6.60. The minimum absolute atomic E-state index is 0.00127. The van der Waals surface area contributed by atoms with E-state index in [1.54, 1.807) is 16.2 Å². The molecular formula is C22H28N3OS+. The SMILES string of the molecule is Cc1ccc(-c2c(C)sc3nc(C[NH+]4CCCCCCC4)[nH]c(=O)c23)cc1. The van der Waals surface area contributed by atoms with E-state index in [4.69, 9.17) is 4.98 Å². The summed E-state index contributed by atoms with van der Waals surface area (Å²) in [6, 6.07) is 8.39. The van der Waals surface area contributed by atoms with Gasteiger partial charge in [-0.15, -0.1) is 11.3 Å². The number of thiophene rings is 1. The molecule has 1 fully saturated rings. The van der Waals surface area contributed by atoms with Crippen molar-refractivity contribution in [1.82, 2.24) is 9.97 Å². The van der Waals surface area contributed by atoms with Crippen LogP contribution in [0.4, 0.5) is 0 Å². The molecule has 3 aromatic rings. The molecule has 0 amide bonds. The number of benzene rings is 1. The number of nitrogens with one attached hydrogen (secondary N) is 2. The van der Waals surface area contributed by atoms with Gasteiger partial charge in [0.1, 0.15) is 11.4 Å². The molecule has 2 N–H and O–H groups in total. The predicted octanol–water partition coefficient (Wildman–Crippen LogP) is 3.62. The summed E-state index contributed by atoms with van der Waals surface area (Å²) >= 11 is 1.64. The maximum atomic E-state index is 12.9. The first-order valence-electron chi connectivity index (χ1n) is 10.0. The highest BCUT2D eigenvalue weighted by molar-refractivity contribution is 7.19. The lowest BCUT2D eigenvalue weighted by atomic mass is 10.0. The number of H-pyrrole nitrogens is 1. The molecule has 0 atom stereocenters. The first-order chi connectivity index (χ1) is 13.1. The fourth-order valence-electron chi connectivity index (χ4n) is 4.13.